The van der Waals surface area contributed by atoms with Crippen molar-refractivity contribution in [2.24, 2.45) is 0 Å². The van der Waals surface area contributed by atoms with Gasteiger partial charge in [0.15, 0.2) is 5.82 Å². The third-order valence-electron chi connectivity index (χ3n) is 2.21. The number of rotatable bonds is 6. The summed E-state index contributed by atoms with van der Waals surface area (Å²) in [5.74, 6) is -0.0929. The Morgan fingerprint density at radius 2 is 2.22 bits per heavy atom. The number of nitrogens with zero attached hydrogens (tertiary/aromatic N) is 2. The lowest BCUT2D eigenvalue weighted by molar-refractivity contribution is -0.139. The fraction of sp³-hybridized carbons (Fsp3) is 0.600. The highest BCUT2D eigenvalue weighted by Crippen LogP contribution is 1.95. The zero-order valence-corrected chi connectivity index (χ0v) is 10.3. The van der Waals surface area contributed by atoms with E-state index in [-0.39, 0.29) is 0 Å². The maximum absolute atomic E-state index is 11.4. The number of hydrogen-bond donors (Lipinski definition) is 3. The predicted octanol–water partition coefficient (Wildman–Crippen LogP) is 0.0829. The van der Waals surface area contributed by atoms with Gasteiger partial charge in [0.25, 0.3) is 0 Å². The van der Waals surface area contributed by atoms with Crippen molar-refractivity contribution in [2.45, 2.75) is 32.7 Å². The molecule has 1 aromatic heterocycles. The van der Waals surface area contributed by atoms with Gasteiger partial charge in [-0.2, -0.15) is 4.98 Å². The van der Waals surface area contributed by atoms with Gasteiger partial charge in [-0.15, -0.1) is 0 Å². The van der Waals surface area contributed by atoms with Crippen LogP contribution in [0.2, 0.25) is 0 Å². The van der Waals surface area contributed by atoms with Crippen LogP contribution in [-0.2, 0) is 11.2 Å². The van der Waals surface area contributed by atoms with Crippen LogP contribution in [0, 0.1) is 6.92 Å². The average molecular weight is 256 g/mol. The second-order valence-electron chi connectivity index (χ2n) is 3.68. The van der Waals surface area contributed by atoms with Crippen LogP contribution in [0.3, 0.4) is 0 Å². The maximum Gasteiger partial charge on any atom is 0.326 e. The molecule has 1 aromatic rings. The van der Waals surface area contributed by atoms with Crippen molar-refractivity contribution in [2.75, 3.05) is 6.54 Å². The molecular weight excluding hydrogens is 240 g/mol. The molecule has 100 valence electrons. The lowest BCUT2D eigenvalue weighted by Crippen LogP contribution is -2.46. The molecule has 0 bridgehead atoms. The highest BCUT2D eigenvalue weighted by Gasteiger charge is 2.17. The number of nitrogens with one attached hydrogen (secondary N) is 2. The van der Waals surface area contributed by atoms with Crippen LogP contribution in [0.4, 0.5) is 4.79 Å². The molecule has 1 unspecified atom stereocenters. The summed E-state index contributed by atoms with van der Waals surface area (Å²) in [6.45, 7) is 3.68. The Morgan fingerprint density at radius 1 is 1.50 bits per heavy atom. The van der Waals surface area contributed by atoms with Gasteiger partial charge in [-0.05, 0) is 13.3 Å². The van der Waals surface area contributed by atoms with Crippen molar-refractivity contribution in [1.29, 1.82) is 0 Å². The molecule has 8 heteroatoms. The molecule has 0 aliphatic heterocycles. The largest absolute Gasteiger partial charge is 0.480 e. The maximum atomic E-state index is 11.4. The molecule has 8 nitrogen and oxygen atoms in total. The Balaban J connectivity index is 2.26. The van der Waals surface area contributed by atoms with E-state index in [0.29, 0.717) is 31.1 Å². The molecule has 2 amide bonds. The number of aryl methyl sites for hydroxylation is 1. The van der Waals surface area contributed by atoms with Crippen LogP contribution in [0.1, 0.15) is 25.1 Å². The Hall–Kier alpha value is -2.12. The molecule has 18 heavy (non-hydrogen) atoms. The van der Waals surface area contributed by atoms with Crippen molar-refractivity contribution in [1.82, 2.24) is 20.8 Å². The number of amides is 2. The van der Waals surface area contributed by atoms with Crippen LogP contribution < -0.4 is 10.6 Å². The number of hydrogen-bond acceptors (Lipinski definition) is 5. The van der Waals surface area contributed by atoms with Gasteiger partial charge >= 0.3 is 12.0 Å². The van der Waals surface area contributed by atoms with Gasteiger partial charge in [-0.3, -0.25) is 0 Å². The van der Waals surface area contributed by atoms with E-state index in [1.54, 1.807) is 13.8 Å². The molecule has 1 heterocycles. The summed E-state index contributed by atoms with van der Waals surface area (Å²) in [6, 6.07) is -1.41. The first kappa shape index (κ1) is 13.9. The number of carbonyl (C=O) groups excluding carboxylic acids is 1. The monoisotopic (exact) mass is 256 g/mol. The van der Waals surface area contributed by atoms with Crippen LogP contribution in [0.15, 0.2) is 4.52 Å². The summed E-state index contributed by atoms with van der Waals surface area (Å²) in [7, 11) is 0. The minimum Gasteiger partial charge on any atom is -0.480 e. The van der Waals surface area contributed by atoms with Crippen LogP contribution in [0.5, 0.6) is 0 Å². The van der Waals surface area contributed by atoms with Crippen molar-refractivity contribution < 1.29 is 19.2 Å². The molecule has 0 saturated carbocycles. The van der Waals surface area contributed by atoms with Crippen molar-refractivity contribution in [3.05, 3.63) is 11.7 Å². The predicted molar refractivity (Wildman–Crippen MR) is 61.0 cm³/mol. The molecule has 0 spiro atoms. The smallest absolute Gasteiger partial charge is 0.326 e. The lowest BCUT2D eigenvalue weighted by atomic mass is 10.2. The first-order chi connectivity index (χ1) is 8.52. The number of carboxylic acids is 1. The molecule has 0 radical (unpaired) electrons. The van der Waals surface area contributed by atoms with E-state index in [0.717, 1.165) is 0 Å². The zero-order valence-electron chi connectivity index (χ0n) is 10.3. The normalized spacial score (nSPS) is 11.9. The quantitative estimate of drug-likeness (QED) is 0.663. The fourth-order valence-corrected chi connectivity index (χ4v) is 1.27. The Labute approximate surface area is 104 Å². The summed E-state index contributed by atoms with van der Waals surface area (Å²) in [5.41, 5.74) is 0. The van der Waals surface area contributed by atoms with E-state index in [4.69, 9.17) is 9.63 Å². The number of carbonyl (C=O) groups is 2. The van der Waals surface area contributed by atoms with Gasteiger partial charge in [-0.25, -0.2) is 9.59 Å². The SMILES string of the molecule is CCC(NC(=O)NCCc1nc(C)no1)C(=O)O. The van der Waals surface area contributed by atoms with Crippen LogP contribution >= 0.6 is 0 Å². The molecule has 0 aliphatic carbocycles. The zero-order chi connectivity index (χ0) is 13.5. The minimum atomic E-state index is -1.06. The molecule has 0 aromatic carbocycles. The second kappa shape index (κ2) is 6.58. The average Bonchev–Trinajstić information content (AvgIpc) is 2.71. The van der Waals surface area contributed by atoms with E-state index in [1.807, 2.05) is 0 Å². The third kappa shape index (κ3) is 4.40. The molecule has 0 fully saturated rings. The molecule has 1 rings (SSSR count). The molecule has 1 atom stereocenters. The summed E-state index contributed by atoms with van der Waals surface area (Å²) in [6.07, 6.45) is 0.726. The first-order valence-corrected chi connectivity index (χ1v) is 5.59. The van der Waals surface area contributed by atoms with Gasteiger partial charge in [-0.1, -0.05) is 12.1 Å². The van der Waals surface area contributed by atoms with E-state index in [1.165, 1.54) is 0 Å². The number of aliphatic carboxylic acids is 1. The molecule has 0 aliphatic rings. The Kier molecular flexibility index (Phi) is 5.09. The van der Waals surface area contributed by atoms with E-state index < -0.39 is 18.0 Å². The summed E-state index contributed by atoms with van der Waals surface area (Å²) in [5, 5.41) is 17.2. The van der Waals surface area contributed by atoms with Gasteiger partial charge in [0.2, 0.25) is 5.89 Å². The minimum absolute atomic E-state index is 0.295. The van der Waals surface area contributed by atoms with Crippen molar-refractivity contribution in [3.63, 3.8) is 0 Å². The van der Waals surface area contributed by atoms with Crippen molar-refractivity contribution >= 4 is 12.0 Å². The van der Waals surface area contributed by atoms with Crippen LogP contribution in [-0.4, -0.2) is 39.8 Å². The third-order valence-corrected chi connectivity index (χ3v) is 2.21. The highest BCUT2D eigenvalue weighted by atomic mass is 16.5. The van der Waals surface area contributed by atoms with E-state index in [9.17, 15) is 9.59 Å². The molecular formula is C10H16N4O4. The summed E-state index contributed by atoms with van der Waals surface area (Å²) >= 11 is 0. The number of carboxylic acid groups (broad SMARTS) is 1. The standard InChI is InChI=1S/C10H16N4O4/c1-3-7(9(15)16)13-10(17)11-5-4-8-12-6(2)14-18-8/h7H,3-5H2,1-2H3,(H,15,16)(H2,11,13,17). The Bertz CT molecular complexity index is 418. The molecule has 3 N–H and O–H groups in total. The number of urea groups is 1. The molecule has 0 saturated heterocycles. The van der Waals surface area contributed by atoms with Gasteiger partial charge in [0, 0.05) is 13.0 Å². The summed E-state index contributed by atoms with van der Waals surface area (Å²) < 4.78 is 4.86. The topological polar surface area (TPSA) is 117 Å². The van der Waals surface area contributed by atoms with E-state index >= 15 is 0 Å². The number of aromatic nitrogens is 2. The Morgan fingerprint density at radius 3 is 2.72 bits per heavy atom. The highest BCUT2D eigenvalue weighted by molar-refractivity contribution is 5.82. The van der Waals surface area contributed by atoms with Gasteiger partial charge < -0.3 is 20.3 Å². The van der Waals surface area contributed by atoms with E-state index in [2.05, 4.69) is 20.8 Å². The van der Waals surface area contributed by atoms with Crippen molar-refractivity contribution in [3.8, 4) is 0 Å². The van der Waals surface area contributed by atoms with Crippen LogP contribution in [0.25, 0.3) is 0 Å². The van der Waals surface area contributed by atoms with Gasteiger partial charge in [0.1, 0.15) is 6.04 Å². The summed E-state index contributed by atoms with van der Waals surface area (Å²) in [4.78, 5) is 26.0. The second-order valence-corrected chi connectivity index (χ2v) is 3.68. The lowest BCUT2D eigenvalue weighted by Gasteiger charge is -2.12. The fourth-order valence-electron chi connectivity index (χ4n) is 1.27. The van der Waals surface area contributed by atoms with Gasteiger partial charge in [0.05, 0.1) is 0 Å². The first-order valence-electron chi connectivity index (χ1n) is 5.59.